The van der Waals surface area contributed by atoms with Gasteiger partial charge in [-0.1, -0.05) is 31.5 Å². The highest BCUT2D eigenvalue weighted by molar-refractivity contribution is 7.89. The first-order valence-electron chi connectivity index (χ1n) is 9.97. The Morgan fingerprint density at radius 2 is 1.64 bits per heavy atom. The molecule has 1 saturated heterocycles. The molecule has 1 atom stereocenters. The van der Waals surface area contributed by atoms with E-state index in [4.69, 9.17) is 0 Å². The molecule has 2 aromatic carbocycles. The molecule has 2 aliphatic rings. The number of nitrogens with zero attached hydrogens (tertiary/aromatic N) is 2. The Balaban J connectivity index is 1.58. The van der Waals surface area contributed by atoms with Gasteiger partial charge in [0, 0.05) is 30.9 Å². The Morgan fingerprint density at radius 3 is 2.36 bits per heavy atom. The molecule has 6 heteroatoms. The van der Waals surface area contributed by atoms with Crippen LogP contribution < -0.4 is 4.90 Å². The Bertz CT molecular complexity index is 964. The summed E-state index contributed by atoms with van der Waals surface area (Å²) >= 11 is 0. The number of carbonyl (C=O) groups is 1. The quantitative estimate of drug-likeness (QED) is 0.792. The molecule has 0 radical (unpaired) electrons. The van der Waals surface area contributed by atoms with E-state index in [0.29, 0.717) is 31.1 Å². The molecule has 0 saturated carbocycles. The average Bonchev–Trinajstić information content (AvgIpc) is 2.73. The van der Waals surface area contributed by atoms with Gasteiger partial charge in [0.05, 0.1) is 4.90 Å². The largest absolute Gasteiger partial charge is 0.308 e. The zero-order chi connectivity index (χ0) is 19.7. The first-order valence-corrected chi connectivity index (χ1v) is 11.4. The number of benzene rings is 2. The van der Waals surface area contributed by atoms with Gasteiger partial charge in [-0.2, -0.15) is 4.31 Å². The fourth-order valence-corrected chi connectivity index (χ4v) is 5.69. The smallest absolute Gasteiger partial charge is 0.258 e. The highest BCUT2D eigenvalue weighted by Gasteiger charge is 2.28. The van der Waals surface area contributed by atoms with Gasteiger partial charge in [-0.05, 0) is 61.1 Å². The number of piperidine rings is 1. The molecule has 0 spiro atoms. The van der Waals surface area contributed by atoms with Crippen molar-refractivity contribution in [3.63, 3.8) is 0 Å². The summed E-state index contributed by atoms with van der Waals surface area (Å²) in [6.07, 6.45) is 3.85. The van der Waals surface area contributed by atoms with Crippen LogP contribution in [0.2, 0.25) is 0 Å². The van der Waals surface area contributed by atoms with Crippen LogP contribution >= 0.6 is 0 Å². The fraction of sp³-hybridized carbons (Fsp3) is 0.409. The number of anilines is 1. The van der Waals surface area contributed by atoms with E-state index in [0.717, 1.165) is 31.4 Å². The summed E-state index contributed by atoms with van der Waals surface area (Å²) in [6.45, 7) is 3.96. The molecule has 0 bridgehead atoms. The van der Waals surface area contributed by atoms with E-state index in [2.05, 4.69) is 13.0 Å². The number of rotatable bonds is 3. The van der Waals surface area contributed by atoms with Crippen LogP contribution in [0, 0.1) is 5.92 Å². The lowest BCUT2D eigenvalue weighted by Crippen LogP contribution is -2.39. The third kappa shape index (κ3) is 3.59. The topological polar surface area (TPSA) is 57.7 Å². The molecule has 0 N–H and O–H groups in total. The van der Waals surface area contributed by atoms with Crippen molar-refractivity contribution < 1.29 is 13.2 Å². The van der Waals surface area contributed by atoms with Gasteiger partial charge in [-0.25, -0.2) is 8.42 Å². The van der Waals surface area contributed by atoms with Crippen molar-refractivity contribution in [1.82, 2.24) is 4.31 Å². The Labute approximate surface area is 167 Å². The van der Waals surface area contributed by atoms with Crippen LogP contribution in [0.3, 0.4) is 0 Å². The van der Waals surface area contributed by atoms with Crippen molar-refractivity contribution in [2.45, 2.75) is 37.5 Å². The summed E-state index contributed by atoms with van der Waals surface area (Å²) in [5.74, 6) is 0.304. The van der Waals surface area contributed by atoms with Crippen molar-refractivity contribution in [2.24, 2.45) is 5.92 Å². The van der Waals surface area contributed by atoms with E-state index in [1.165, 1.54) is 5.56 Å². The van der Waals surface area contributed by atoms with Gasteiger partial charge >= 0.3 is 0 Å². The average molecular weight is 399 g/mol. The van der Waals surface area contributed by atoms with Crippen LogP contribution in [0.15, 0.2) is 53.4 Å². The van der Waals surface area contributed by atoms with Crippen LogP contribution in [-0.2, 0) is 16.4 Å². The summed E-state index contributed by atoms with van der Waals surface area (Å²) in [5.41, 5.74) is 2.65. The van der Waals surface area contributed by atoms with Gasteiger partial charge in [0.2, 0.25) is 10.0 Å². The van der Waals surface area contributed by atoms with Crippen LogP contribution in [0.1, 0.15) is 42.1 Å². The maximum absolute atomic E-state index is 13.1. The molecular weight excluding hydrogens is 372 g/mol. The maximum Gasteiger partial charge on any atom is 0.258 e. The first-order chi connectivity index (χ1) is 13.5. The van der Waals surface area contributed by atoms with Crippen LogP contribution in [0.25, 0.3) is 0 Å². The summed E-state index contributed by atoms with van der Waals surface area (Å²) in [5, 5.41) is 0. The molecule has 0 aromatic heterocycles. The summed E-state index contributed by atoms with van der Waals surface area (Å²) in [6, 6.07) is 14.4. The zero-order valence-electron chi connectivity index (χ0n) is 16.2. The van der Waals surface area contributed by atoms with Gasteiger partial charge < -0.3 is 4.90 Å². The number of hydrogen-bond acceptors (Lipinski definition) is 3. The van der Waals surface area contributed by atoms with Gasteiger partial charge in [0.1, 0.15) is 0 Å². The Morgan fingerprint density at radius 1 is 0.964 bits per heavy atom. The molecule has 28 heavy (non-hydrogen) atoms. The third-order valence-corrected chi connectivity index (χ3v) is 7.56. The lowest BCUT2D eigenvalue weighted by atomic mass is 9.93. The number of carbonyl (C=O) groups excluding carboxylic acids is 1. The van der Waals surface area contributed by atoms with Crippen molar-refractivity contribution in [3.8, 4) is 0 Å². The minimum absolute atomic E-state index is 0.0825. The first kappa shape index (κ1) is 19.2. The molecule has 2 aromatic rings. The predicted octanol–water partition coefficient (Wildman–Crippen LogP) is 3.70. The standard InChI is InChI=1S/C22H26N2O3S/c1-17-15-19-7-3-4-8-21(19)24(16-17)22(25)18-9-11-20(12-10-18)28(26,27)23-13-5-2-6-14-23/h3-4,7-12,17H,2,5-6,13-16H2,1H3. The van der Waals surface area contributed by atoms with Crippen molar-refractivity contribution >= 4 is 21.6 Å². The monoisotopic (exact) mass is 398 g/mol. The van der Waals surface area contributed by atoms with Crippen LogP contribution in [0.5, 0.6) is 0 Å². The predicted molar refractivity (Wildman–Crippen MR) is 110 cm³/mol. The minimum atomic E-state index is -3.48. The zero-order valence-corrected chi connectivity index (χ0v) is 17.0. The Hall–Kier alpha value is -2.18. The second-order valence-corrected chi connectivity index (χ2v) is 9.78. The molecule has 2 heterocycles. The molecule has 2 aliphatic heterocycles. The SMILES string of the molecule is CC1Cc2ccccc2N(C(=O)c2ccc(S(=O)(=O)N3CCCCC3)cc2)C1. The Kier molecular flexibility index (Phi) is 5.25. The second-order valence-electron chi connectivity index (χ2n) is 7.84. The van der Waals surface area contributed by atoms with Gasteiger partial charge in [0.25, 0.3) is 5.91 Å². The number of sulfonamides is 1. The summed E-state index contributed by atoms with van der Waals surface area (Å²) in [7, 11) is -3.48. The summed E-state index contributed by atoms with van der Waals surface area (Å²) < 4.78 is 27.2. The number of hydrogen-bond donors (Lipinski definition) is 0. The minimum Gasteiger partial charge on any atom is -0.308 e. The van der Waals surface area contributed by atoms with E-state index in [-0.39, 0.29) is 10.8 Å². The molecule has 0 aliphatic carbocycles. The summed E-state index contributed by atoms with van der Waals surface area (Å²) in [4.78, 5) is 15.2. The van der Waals surface area contributed by atoms with E-state index in [1.807, 2.05) is 23.1 Å². The molecule has 4 rings (SSSR count). The number of para-hydroxylation sites is 1. The molecular formula is C22H26N2O3S. The van der Waals surface area contributed by atoms with Crippen molar-refractivity contribution in [3.05, 3.63) is 59.7 Å². The normalized spacial score (nSPS) is 20.6. The van der Waals surface area contributed by atoms with Crippen LogP contribution in [0.4, 0.5) is 5.69 Å². The van der Waals surface area contributed by atoms with E-state index < -0.39 is 10.0 Å². The maximum atomic E-state index is 13.1. The van der Waals surface area contributed by atoms with Crippen molar-refractivity contribution in [2.75, 3.05) is 24.5 Å². The van der Waals surface area contributed by atoms with Gasteiger partial charge in [-0.3, -0.25) is 4.79 Å². The fourth-order valence-electron chi connectivity index (χ4n) is 4.17. The van der Waals surface area contributed by atoms with Gasteiger partial charge in [0.15, 0.2) is 0 Å². The van der Waals surface area contributed by atoms with Gasteiger partial charge in [-0.15, -0.1) is 0 Å². The molecule has 5 nitrogen and oxygen atoms in total. The lowest BCUT2D eigenvalue weighted by Gasteiger charge is -2.33. The number of fused-ring (bicyclic) bond motifs is 1. The highest BCUT2D eigenvalue weighted by atomic mass is 32.2. The molecule has 1 fully saturated rings. The second kappa shape index (κ2) is 7.68. The van der Waals surface area contributed by atoms with E-state index >= 15 is 0 Å². The van der Waals surface area contributed by atoms with E-state index in [1.54, 1.807) is 28.6 Å². The molecule has 1 amide bonds. The van der Waals surface area contributed by atoms with Crippen molar-refractivity contribution in [1.29, 1.82) is 0 Å². The molecule has 1 unspecified atom stereocenters. The number of amides is 1. The highest BCUT2D eigenvalue weighted by Crippen LogP contribution is 2.31. The lowest BCUT2D eigenvalue weighted by molar-refractivity contribution is 0.0981. The van der Waals surface area contributed by atoms with Crippen LogP contribution in [-0.4, -0.2) is 38.3 Å². The third-order valence-electron chi connectivity index (χ3n) is 5.64. The molecule has 148 valence electrons. The van der Waals surface area contributed by atoms with E-state index in [9.17, 15) is 13.2 Å².